The second-order valence-electron chi connectivity index (χ2n) is 5.65. The summed E-state index contributed by atoms with van der Waals surface area (Å²) in [5, 5.41) is 11.5. The van der Waals surface area contributed by atoms with Crippen molar-refractivity contribution < 1.29 is 9.59 Å². The number of unbranched alkanes of at least 4 members (excludes halogenated alkanes) is 1. The minimum absolute atomic E-state index is 0.207. The molecule has 0 aliphatic rings. The van der Waals surface area contributed by atoms with Gasteiger partial charge in [0.05, 0.1) is 11.6 Å². The lowest BCUT2D eigenvalue weighted by Crippen LogP contribution is -2.28. The molecule has 2 aromatic rings. The van der Waals surface area contributed by atoms with Crippen molar-refractivity contribution in [2.75, 3.05) is 18.9 Å². The van der Waals surface area contributed by atoms with Gasteiger partial charge in [-0.05, 0) is 42.8 Å². The van der Waals surface area contributed by atoms with E-state index in [1.165, 1.54) is 12.3 Å². The number of nitriles is 1. The molecule has 0 aliphatic carbocycles. The van der Waals surface area contributed by atoms with E-state index in [-0.39, 0.29) is 17.5 Å². The number of hydrogen-bond acceptors (Lipinski definition) is 4. The summed E-state index contributed by atoms with van der Waals surface area (Å²) in [6, 6.07) is 11.6. The van der Waals surface area contributed by atoms with Crippen LogP contribution >= 0.6 is 0 Å². The lowest BCUT2D eigenvalue weighted by atomic mass is 10.2. The van der Waals surface area contributed by atoms with E-state index in [1.54, 1.807) is 42.3 Å². The van der Waals surface area contributed by atoms with Crippen molar-refractivity contribution >= 4 is 17.5 Å². The van der Waals surface area contributed by atoms with Gasteiger partial charge in [-0.3, -0.25) is 14.6 Å². The van der Waals surface area contributed by atoms with Crippen LogP contribution < -0.4 is 5.32 Å². The maximum atomic E-state index is 12.4. The van der Waals surface area contributed by atoms with Gasteiger partial charge in [0.1, 0.15) is 5.69 Å². The van der Waals surface area contributed by atoms with Gasteiger partial charge in [0, 0.05) is 31.0 Å². The number of carbonyl (C=O) groups is 2. The zero-order valence-electron chi connectivity index (χ0n) is 14.3. The SMILES string of the molecule is CCCCN(C)C(=O)c1cc(C(=O)Nc2ccc(C#N)cc2)ccn1. The van der Waals surface area contributed by atoms with E-state index in [1.807, 2.05) is 6.07 Å². The zero-order valence-corrected chi connectivity index (χ0v) is 14.3. The van der Waals surface area contributed by atoms with Gasteiger partial charge in [0.15, 0.2) is 0 Å². The summed E-state index contributed by atoms with van der Waals surface area (Å²) in [7, 11) is 1.73. The van der Waals surface area contributed by atoms with E-state index in [9.17, 15) is 9.59 Å². The molecule has 0 bridgehead atoms. The molecule has 6 nitrogen and oxygen atoms in total. The second-order valence-corrected chi connectivity index (χ2v) is 5.65. The molecular formula is C19H20N4O2. The summed E-state index contributed by atoms with van der Waals surface area (Å²) in [5.74, 6) is -0.543. The fraction of sp³-hybridized carbons (Fsp3) is 0.263. The molecule has 25 heavy (non-hydrogen) atoms. The monoisotopic (exact) mass is 336 g/mol. The number of anilines is 1. The largest absolute Gasteiger partial charge is 0.340 e. The molecular weight excluding hydrogens is 316 g/mol. The van der Waals surface area contributed by atoms with Gasteiger partial charge in [-0.15, -0.1) is 0 Å². The molecule has 128 valence electrons. The van der Waals surface area contributed by atoms with Gasteiger partial charge in [0.25, 0.3) is 11.8 Å². The van der Waals surface area contributed by atoms with Crippen LogP contribution in [0, 0.1) is 11.3 Å². The average molecular weight is 336 g/mol. The van der Waals surface area contributed by atoms with Crippen molar-refractivity contribution in [1.29, 1.82) is 5.26 Å². The highest BCUT2D eigenvalue weighted by Gasteiger charge is 2.15. The molecule has 0 unspecified atom stereocenters. The number of rotatable bonds is 6. The van der Waals surface area contributed by atoms with Gasteiger partial charge in [-0.2, -0.15) is 5.26 Å². The third-order valence-electron chi connectivity index (χ3n) is 3.71. The van der Waals surface area contributed by atoms with E-state index in [0.29, 0.717) is 23.4 Å². The van der Waals surface area contributed by atoms with Gasteiger partial charge in [0.2, 0.25) is 0 Å². The molecule has 1 aromatic heterocycles. The molecule has 0 saturated heterocycles. The number of hydrogen-bond donors (Lipinski definition) is 1. The van der Waals surface area contributed by atoms with Crippen LogP contribution in [-0.2, 0) is 0 Å². The Morgan fingerprint density at radius 2 is 1.96 bits per heavy atom. The Morgan fingerprint density at radius 1 is 1.24 bits per heavy atom. The Bertz CT molecular complexity index is 794. The van der Waals surface area contributed by atoms with Crippen molar-refractivity contribution in [3.8, 4) is 6.07 Å². The van der Waals surface area contributed by atoms with E-state index >= 15 is 0 Å². The summed E-state index contributed by atoms with van der Waals surface area (Å²) in [6.45, 7) is 2.71. The lowest BCUT2D eigenvalue weighted by Gasteiger charge is -2.16. The van der Waals surface area contributed by atoms with Crippen molar-refractivity contribution in [1.82, 2.24) is 9.88 Å². The van der Waals surface area contributed by atoms with Crippen LogP contribution in [0.5, 0.6) is 0 Å². The molecule has 0 atom stereocenters. The molecule has 0 fully saturated rings. The number of aromatic nitrogens is 1. The van der Waals surface area contributed by atoms with E-state index in [2.05, 4.69) is 17.2 Å². The summed E-state index contributed by atoms with van der Waals surface area (Å²) in [4.78, 5) is 30.4. The Kier molecular flexibility index (Phi) is 6.24. The summed E-state index contributed by atoms with van der Waals surface area (Å²) >= 11 is 0. The van der Waals surface area contributed by atoms with Gasteiger partial charge in [-0.1, -0.05) is 13.3 Å². The predicted octanol–water partition coefficient (Wildman–Crippen LogP) is 3.08. The van der Waals surface area contributed by atoms with Gasteiger partial charge >= 0.3 is 0 Å². The molecule has 1 heterocycles. The van der Waals surface area contributed by atoms with E-state index in [4.69, 9.17) is 5.26 Å². The Hall–Kier alpha value is -3.20. The number of carbonyl (C=O) groups excluding carboxylic acids is 2. The minimum Gasteiger partial charge on any atom is -0.340 e. The van der Waals surface area contributed by atoms with Crippen molar-refractivity contribution in [3.63, 3.8) is 0 Å². The molecule has 0 radical (unpaired) electrons. The fourth-order valence-corrected chi connectivity index (χ4v) is 2.21. The molecule has 1 aromatic carbocycles. The van der Waals surface area contributed by atoms with Gasteiger partial charge < -0.3 is 10.2 Å². The number of nitrogens with zero attached hydrogens (tertiary/aromatic N) is 3. The molecule has 2 rings (SSSR count). The quantitative estimate of drug-likeness (QED) is 0.878. The Balaban J connectivity index is 2.10. The maximum Gasteiger partial charge on any atom is 0.272 e. The molecule has 1 N–H and O–H groups in total. The average Bonchev–Trinajstić information content (AvgIpc) is 2.66. The summed E-state index contributed by atoms with van der Waals surface area (Å²) < 4.78 is 0. The first-order valence-corrected chi connectivity index (χ1v) is 8.08. The molecule has 0 saturated carbocycles. The Labute approximate surface area is 147 Å². The first-order valence-electron chi connectivity index (χ1n) is 8.08. The predicted molar refractivity (Wildman–Crippen MR) is 95.2 cm³/mol. The van der Waals surface area contributed by atoms with E-state index < -0.39 is 0 Å². The first-order chi connectivity index (χ1) is 12.0. The fourth-order valence-electron chi connectivity index (χ4n) is 2.21. The maximum absolute atomic E-state index is 12.4. The smallest absolute Gasteiger partial charge is 0.272 e. The summed E-state index contributed by atoms with van der Waals surface area (Å²) in [5.41, 5.74) is 1.69. The van der Waals surface area contributed by atoms with E-state index in [0.717, 1.165) is 12.8 Å². The third-order valence-corrected chi connectivity index (χ3v) is 3.71. The second kappa shape index (κ2) is 8.60. The first kappa shape index (κ1) is 18.1. The topological polar surface area (TPSA) is 86.1 Å². The molecule has 0 aliphatic heterocycles. The van der Waals surface area contributed by atoms with Crippen LogP contribution in [0.2, 0.25) is 0 Å². The van der Waals surface area contributed by atoms with Crippen LogP contribution in [-0.4, -0.2) is 35.3 Å². The van der Waals surface area contributed by atoms with Crippen LogP contribution in [0.4, 0.5) is 5.69 Å². The molecule has 2 amide bonds. The molecule has 6 heteroatoms. The molecule has 0 spiro atoms. The summed E-state index contributed by atoms with van der Waals surface area (Å²) in [6.07, 6.45) is 3.37. The number of benzene rings is 1. The van der Waals surface area contributed by atoms with Crippen molar-refractivity contribution in [2.24, 2.45) is 0 Å². The Morgan fingerprint density at radius 3 is 2.60 bits per heavy atom. The van der Waals surface area contributed by atoms with Crippen LogP contribution in [0.1, 0.15) is 46.2 Å². The van der Waals surface area contributed by atoms with Crippen LogP contribution in [0.15, 0.2) is 42.6 Å². The highest BCUT2D eigenvalue weighted by Crippen LogP contribution is 2.12. The third kappa shape index (κ3) is 4.88. The number of nitrogens with one attached hydrogen (secondary N) is 1. The highest BCUT2D eigenvalue weighted by atomic mass is 16.2. The number of pyridine rings is 1. The zero-order chi connectivity index (χ0) is 18.2. The minimum atomic E-state index is -0.336. The van der Waals surface area contributed by atoms with Crippen molar-refractivity contribution in [2.45, 2.75) is 19.8 Å². The highest BCUT2D eigenvalue weighted by molar-refractivity contribution is 6.05. The standard InChI is InChI=1S/C19H20N4O2/c1-3-4-11-23(2)19(25)17-12-15(9-10-21-17)18(24)22-16-7-5-14(13-20)6-8-16/h5-10,12H,3-4,11H2,1-2H3,(H,22,24). The number of amides is 2. The van der Waals surface area contributed by atoms with Crippen LogP contribution in [0.3, 0.4) is 0 Å². The van der Waals surface area contributed by atoms with Crippen molar-refractivity contribution in [3.05, 3.63) is 59.4 Å². The normalized spacial score (nSPS) is 9.96. The lowest BCUT2D eigenvalue weighted by molar-refractivity contribution is 0.0787. The van der Waals surface area contributed by atoms with Crippen LogP contribution in [0.25, 0.3) is 0 Å². The van der Waals surface area contributed by atoms with Gasteiger partial charge in [-0.25, -0.2) is 0 Å².